The normalized spacial score (nSPS) is 7.75. The number of carbonyl (C=O) groups excluding carboxylic acids is 3. The second kappa shape index (κ2) is 11.1. The molecule has 0 atom stereocenters. The number of ether oxygens (including phenoxy) is 1. The molecule has 12 heavy (non-hydrogen) atoms. The monoisotopic (exact) mass is 197 g/mol. The van der Waals surface area contributed by atoms with Crippen molar-refractivity contribution in [1.82, 2.24) is 0 Å². The summed E-state index contributed by atoms with van der Waals surface area (Å²) in [7, 11) is 1.17. The summed E-state index contributed by atoms with van der Waals surface area (Å²) < 4.78 is 4.14. The molecule has 0 aliphatic rings. The molecule has 0 aromatic carbocycles. The molecule has 0 fully saturated rings. The van der Waals surface area contributed by atoms with Gasteiger partial charge in [-0.3, -0.25) is 0 Å². The van der Waals surface area contributed by atoms with Gasteiger partial charge in [0.15, 0.2) is 0 Å². The summed E-state index contributed by atoms with van der Waals surface area (Å²) in [5, 5.41) is 0. The molecule has 0 saturated carbocycles. The van der Waals surface area contributed by atoms with Crippen LogP contribution in [0.1, 0.15) is 0 Å². The molecule has 6 heteroatoms. The molecule has 0 rings (SSSR count). The van der Waals surface area contributed by atoms with Crippen LogP contribution >= 0.6 is 0 Å². The maximum Gasteiger partial charge on any atom is 1.00 e. The van der Waals surface area contributed by atoms with Gasteiger partial charge in [-0.25, -0.2) is 4.79 Å². The topological polar surface area (TPSA) is 90.4 Å². The van der Waals surface area contributed by atoms with Crippen molar-refractivity contribution < 1.29 is 76.0 Å². The number of hydrogen-bond acceptors (Lipinski definition) is 5. The molecule has 1 N–H and O–H groups in total. The van der Waals surface area contributed by atoms with Crippen LogP contribution in [0.2, 0.25) is 0 Å². The molecular weight excluding hydrogens is 191 g/mol. The zero-order valence-electron chi connectivity index (χ0n) is 6.73. The van der Waals surface area contributed by atoms with Crippen molar-refractivity contribution in [3.63, 3.8) is 0 Å². The maximum atomic E-state index is 10.2. The summed E-state index contributed by atoms with van der Waals surface area (Å²) in [5.41, 5.74) is 0. The quantitative estimate of drug-likeness (QED) is 0.152. The van der Waals surface area contributed by atoms with Crippen molar-refractivity contribution in [3.8, 4) is 0 Å². The third kappa shape index (κ3) is 10.1. The summed E-state index contributed by atoms with van der Waals surface area (Å²) in [6.45, 7) is 0. The Morgan fingerprint density at radius 3 is 2.17 bits per heavy atom. The molecule has 0 unspecified atom stereocenters. The second-order valence-electron chi connectivity index (χ2n) is 1.32. The molecule has 0 spiro atoms. The molecule has 0 aromatic heterocycles. The van der Waals surface area contributed by atoms with Crippen molar-refractivity contribution in [1.29, 1.82) is 0 Å². The minimum absolute atomic E-state index is 0. The van der Waals surface area contributed by atoms with Crippen LogP contribution < -0.4 is 51.4 Å². The van der Waals surface area contributed by atoms with E-state index in [-0.39, 0.29) is 56.9 Å². The fourth-order valence-corrected chi connectivity index (χ4v) is 0.246. The molecule has 0 radical (unpaired) electrons. The van der Waals surface area contributed by atoms with E-state index in [0.717, 1.165) is 18.4 Å². The van der Waals surface area contributed by atoms with Crippen LogP contribution in [0.4, 0.5) is 0 Å². The van der Waals surface area contributed by atoms with Crippen LogP contribution in [0, 0.1) is 0 Å². The number of carbonyl (C=O) groups is 2. The van der Waals surface area contributed by atoms with Crippen LogP contribution in [0.25, 0.3) is 0 Å². The number of esters is 1. The predicted octanol–water partition coefficient (Wildman–Crippen LogP) is -3.78. The molecule has 5 nitrogen and oxygen atoms in total. The smallest absolute Gasteiger partial charge is 0.870 e. The van der Waals surface area contributed by atoms with E-state index in [1.54, 1.807) is 0 Å². The van der Waals surface area contributed by atoms with E-state index in [1.165, 1.54) is 7.11 Å². The van der Waals surface area contributed by atoms with E-state index in [0.29, 0.717) is 0 Å². The Morgan fingerprint density at radius 1 is 1.33 bits per heavy atom. The van der Waals surface area contributed by atoms with Gasteiger partial charge < -0.3 is 19.8 Å². The first-order valence-corrected chi connectivity index (χ1v) is 2.39. The average Bonchev–Trinajstić information content (AvgIpc) is 1.99. The number of allylic oxidation sites excluding steroid dienone is 1. The van der Waals surface area contributed by atoms with Crippen LogP contribution in [-0.2, 0) is 19.1 Å². The Bertz CT molecular complexity index is 186. The Balaban J connectivity index is -0.000000405. The van der Waals surface area contributed by atoms with Crippen LogP contribution in [0.5, 0.6) is 0 Å². The fraction of sp³-hybridized carbons (Fsp3) is 0.167. The largest absolute Gasteiger partial charge is 1.00 e. The summed E-state index contributed by atoms with van der Waals surface area (Å²) in [4.78, 5) is 29.9. The van der Waals surface area contributed by atoms with Crippen molar-refractivity contribution in [2.45, 2.75) is 0 Å². The molecule has 0 aliphatic carbocycles. The number of methoxy groups -OCH3 is 1. The third-order valence-electron chi connectivity index (χ3n) is 0.673. The van der Waals surface area contributed by atoms with E-state index in [4.69, 9.17) is 0 Å². The SMILES string of the molecule is COC(=O)/C=C/C(=O)[C-]=O.[K+].[OH-]. The van der Waals surface area contributed by atoms with Gasteiger partial charge in [0.05, 0.1) is 12.9 Å². The van der Waals surface area contributed by atoms with E-state index < -0.39 is 11.8 Å². The Hall–Kier alpha value is 0.146. The summed E-state index contributed by atoms with van der Waals surface area (Å²) in [6, 6.07) is 0. The van der Waals surface area contributed by atoms with E-state index in [2.05, 4.69) is 4.74 Å². The van der Waals surface area contributed by atoms with Gasteiger partial charge in [-0.05, 0) is 0 Å². The summed E-state index contributed by atoms with van der Waals surface area (Å²) in [6.07, 6.45) is 2.71. The van der Waals surface area contributed by atoms with Gasteiger partial charge in [0.2, 0.25) is 0 Å². The Morgan fingerprint density at radius 2 is 1.83 bits per heavy atom. The molecule has 0 bridgehead atoms. The molecule has 62 valence electrons. The predicted molar refractivity (Wildman–Crippen MR) is 33.8 cm³/mol. The van der Waals surface area contributed by atoms with Crippen molar-refractivity contribution in [3.05, 3.63) is 12.2 Å². The van der Waals surface area contributed by atoms with Gasteiger partial charge in [-0.15, -0.1) is 0 Å². The second-order valence-corrected chi connectivity index (χ2v) is 1.32. The van der Waals surface area contributed by atoms with Crippen molar-refractivity contribution in [2.24, 2.45) is 0 Å². The summed E-state index contributed by atoms with van der Waals surface area (Å²) in [5.74, 6) is -1.56. The molecule has 0 aliphatic heterocycles. The zero-order valence-corrected chi connectivity index (χ0v) is 9.86. The van der Waals surface area contributed by atoms with Crippen LogP contribution in [0.3, 0.4) is 0 Å². The van der Waals surface area contributed by atoms with Gasteiger partial charge in [-0.1, -0.05) is 6.08 Å². The van der Waals surface area contributed by atoms with Gasteiger partial charge in [0.1, 0.15) is 0 Å². The van der Waals surface area contributed by atoms with Crippen molar-refractivity contribution in [2.75, 3.05) is 7.11 Å². The standard InChI is InChI=1S/C6H5O4.K.H2O/c1-10-6(9)3-2-5(8)4-7;;/h2-3H,1H3;;1H2/q-1;+1;/p-1/b3-2+;;. The van der Waals surface area contributed by atoms with Crippen molar-refractivity contribution >= 4 is 18.0 Å². The first-order valence-electron chi connectivity index (χ1n) is 2.39. The number of ketones is 1. The van der Waals surface area contributed by atoms with E-state index in [9.17, 15) is 14.4 Å². The van der Waals surface area contributed by atoms with Gasteiger partial charge in [-0.2, -0.15) is 6.08 Å². The zero-order chi connectivity index (χ0) is 7.98. The first-order chi connectivity index (χ1) is 4.70. The van der Waals surface area contributed by atoms with E-state index in [1.807, 2.05) is 0 Å². The number of rotatable bonds is 3. The van der Waals surface area contributed by atoms with Crippen LogP contribution in [0.15, 0.2) is 12.2 Å². The van der Waals surface area contributed by atoms with Gasteiger partial charge in [0.25, 0.3) is 0 Å². The molecule has 0 heterocycles. The molecule has 0 saturated heterocycles. The average molecular weight is 197 g/mol. The minimum Gasteiger partial charge on any atom is -0.870 e. The summed E-state index contributed by atoms with van der Waals surface area (Å²) >= 11 is 0. The van der Waals surface area contributed by atoms with Crippen LogP contribution in [-0.4, -0.2) is 30.6 Å². The van der Waals surface area contributed by atoms with E-state index >= 15 is 0 Å². The molecule has 0 amide bonds. The number of hydrogen-bond donors (Lipinski definition) is 0. The Labute approximate surface area is 112 Å². The molecular formula is C6H6KO5-. The molecule has 0 aromatic rings. The third-order valence-corrected chi connectivity index (χ3v) is 0.673. The minimum atomic E-state index is -0.884. The Kier molecular flexibility index (Phi) is 16.8. The van der Waals surface area contributed by atoms with Gasteiger partial charge in [0, 0.05) is 6.29 Å². The first kappa shape index (κ1) is 18.0. The van der Waals surface area contributed by atoms with Gasteiger partial charge >= 0.3 is 57.4 Å². The maximum absolute atomic E-state index is 10.2. The fourth-order valence-electron chi connectivity index (χ4n) is 0.246.